The van der Waals surface area contributed by atoms with Crippen molar-refractivity contribution in [2.24, 2.45) is 5.41 Å². The summed E-state index contributed by atoms with van der Waals surface area (Å²) >= 11 is 1.05. The molecule has 0 radical (unpaired) electrons. The smallest absolute Gasteiger partial charge is 0.367 e. The van der Waals surface area contributed by atoms with Crippen LogP contribution in [0.4, 0.5) is 4.79 Å². The highest BCUT2D eigenvalue weighted by Crippen LogP contribution is 2.32. The van der Waals surface area contributed by atoms with Gasteiger partial charge in [-0.15, -0.1) is 0 Å². The maximum Gasteiger partial charge on any atom is 0.367 e. The molecule has 0 bridgehead atoms. The second kappa shape index (κ2) is 6.10. The minimum atomic E-state index is -0.762. The number of carboxylic acids is 1. The van der Waals surface area contributed by atoms with Crippen LogP contribution < -0.4 is 0 Å². The molecule has 2 atom stereocenters. The molecule has 4 nitrogen and oxygen atoms in total. The number of hydrogen-bond donors (Lipinski definition) is 1. The van der Waals surface area contributed by atoms with Crippen molar-refractivity contribution < 1.29 is 19.4 Å². The van der Waals surface area contributed by atoms with Gasteiger partial charge in [0.05, 0.1) is 5.41 Å². The second-order valence-electron chi connectivity index (χ2n) is 4.50. The first-order valence-electron chi connectivity index (χ1n) is 5.62. The Hall–Kier alpha value is -0.970. The zero-order valence-corrected chi connectivity index (χ0v) is 11.0. The molecule has 0 aromatic carbocycles. The second-order valence-corrected chi connectivity index (χ2v) is 5.24. The zero-order valence-electron chi connectivity index (χ0n) is 10.1. The molecule has 17 heavy (non-hydrogen) atoms. The van der Waals surface area contributed by atoms with Crippen LogP contribution in [0.1, 0.15) is 32.6 Å². The molecule has 1 aliphatic carbocycles. The number of thioether (sulfide) groups is 1. The van der Waals surface area contributed by atoms with Crippen molar-refractivity contribution in [1.29, 1.82) is 0 Å². The number of carboxylic acid groups (broad SMARTS) is 1. The van der Waals surface area contributed by atoms with Crippen molar-refractivity contribution in [2.75, 3.05) is 6.26 Å². The molecule has 0 heterocycles. The number of aliphatic carboxylic acids is 1. The summed E-state index contributed by atoms with van der Waals surface area (Å²) in [7, 11) is 0. The largest absolute Gasteiger partial charge is 0.481 e. The van der Waals surface area contributed by atoms with Crippen LogP contribution in [0.2, 0.25) is 0 Å². The monoisotopic (exact) mass is 258 g/mol. The van der Waals surface area contributed by atoms with Crippen molar-refractivity contribution in [1.82, 2.24) is 0 Å². The summed E-state index contributed by atoms with van der Waals surface area (Å²) < 4.78 is 5.19. The molecule has 5 heteroatoms. The predicted octanol–water partition coefficient (Wildman–Crippen LogP) is 3.08. The summed E-state index contributed by atoms with van der Waals surface area (Å²) in [5.74, 6) is -0.762. The highest BCUT2D eigenvalue weighted by atomic mass is 32.2. The molecule has 0 amide bonds. The lowest BCUT2D eigenvalue weighted by molar-refractivity contribution is -0.148. The van der Waals surface area contributed by atoms with E-state index >= 15 is 0 Å². The maximum atomic E-state index is 11.1. The average Bonchev–Trinajstić information content (AvgIpc) is 2.25. The molecule has 0 aromatic rings. The van der Waals surface area contributed by atoms with Crippen LogP contribution in [0.25, 0.3) is 0 Å². The standard InChI is InChI=1S/C12H18O4S/c1-12(10(13)14)7-3-5-9(6-4-8-12)16-11(15)17-2/h3,5,9H,4,6-8H2,1-2H3,(H,13,14)/b5-3+. The first kappa shape index (κ1) is 14.1. The van der Waals surface area contributed by atoms with Gasteiger partial charge >= 0.3 is 11.3 Å². The number of carbonyl (C=O) groups excluding carboxylic acids is 1. The molecule has 0 spiro atoms. The summed E-state index contributed by atoms with van der Waals surface area (Å²) in [6, 6.07) is 0. The van der Waals surface area contributed by atoms with Gasteiger partial charge in [-0.25, -0.2) is 4.79 Å². The van der Waals surface area contributed by atoms with Crippen LogP contribution in [0.15, 0.2) is 12.2 Å². The van der Waals surface area contributed by atoms with Crippen molar-refractivity contribution in [3.8, 4) is 0 Å². The van der Waals surface area contributed by atoms with Gasteiger partial charge < -0.3 is 9.84 Å². The number of hydrogen-bond acceptors (Lipinski definition) is 4. The van der Waals surface area contributed by atoms with E-state index in [4.69, 9.17) is 9.84 Å². The molecular formula is C12H18O4S. The molecule has 0 fully saturated rings. The lowest BCUT2D eigenvalue weighted by Gasteiger charge is -2.26. The van der Waals surface area contributed by atoms with E-state index in [-0.39, 0.29) is 11.4 Å². The fraction of sp³-hybridized carbons (Fsp3) is 0.667. The van der Waals surface area contributed by atoms with Crippen LogP contribution >= 0.6 is 11.8 Å². The van der Waals surface area contributed by atoms with Gasteiger partial charge in [0.25, 0.3) is 0 Å². The third-order valence-corrected chi connectivity index (χ3v) is 3.50. The fourth-order valence-corrected chi connectivity index (χ4v) is 2.06. The zero-order chi connectivity index (χ0) is 12.9. The highest BCUT2D eigenvalue weighted by molar-refractivity contribution is 8.12. The van der Waals surface area contributed by atoms with Crippen molar-refractivity contribution >= 4 is 23.0 Å². The quantitative estimate of drug-likeness (QED) is 0.609. The van der Waals surface area contributed by atoms with Crippen LogP contribution in [-0.2, 0) is 9.53 Å². The SMILES string of the molecule is CSC(=O)OC1/C=C/CC(C)(C(=O)O)CCC1. The Balaban J connectivity index is 2.61. The Kier molecular flexibility index (Phi) is 5.05. The number of rotatable bonds is 2. The van der Waals surface area contributed by atoms with Crippen molar-refractivity contribution in [3.63, 3.8) is 0 Å². The van der Waals surface area contributed by atoms with E-state index in [1.807, 2.05) is 6.08 Å². The van der Waals surface area contributed by atoms with E-state index in [0.717, 1.165) is 18.2 Å². The van der Waals surface area contributed by atoms with E-state index in [0.29, 0.717) is 19.3 Å². The van der Waals surface area contributed by atoms with Crippen LogP contribution in [0.3, 0.4) is 0 Å². The molecule has 1 rings (SSSR count). The molecule has 2 unspecified atom stereocenters. The fourth-order valence-electron chi connectivity index (χ4n) is 1.84. The summed E-state index contributed by atoms with van der Waals surface area (Å²) in [4.78, 5) is 22.3. The van der Waals surface area contributed by atoms with Crippen molar-refractivity contribution in [3.05, 3.63) is 12.2 Å². The predicted molar refractivity (Wildman–Crippen MR) is 67.1 cm³/mol. The van der Waals surface area contributed by atoms with Gasteiger partial charge in [0.15, 0.2) is 0 Å². The molecule has 96 valence electrons. The molecule has 1 N–H and O–H groups in total. The van der Waals surface area contributed by atoms with E-state index < -0.39 is 11.4 Å². The minimum Gasteiger partial charge on any atom is -0.481 e. The number of carbonyl (C=O) groups is 2. The highest BCUT2D eigenvalue weighted by Gasteiger charge is 2.32. The molecule has 0 aliphatic heterocycles. The average molecular weight is 258 g/mol. The van der Waals surface area contributed by atoms with Crippen LogP contribution in [-0.4, -0.2) is 28.7 Å². The molecular weight excluding hydrogens is 240 g/mol. The van der Waals surface area contributed by atoms with Gasteiger partial charge in [-0.3, -0.25) is 4.79 Å². The van der Waals surface area contributed by atoms with Gasteiger partial charge in [0, 0.05) is 0 Å². The molecule has 0 saturated heterocycles. The summed E-state index contributed by atoms with van der Waals surface area (Å²) in [5, 5.41) is 8.85. The van der Waals surface area contributed by atoms with Gasteiger partial charge in [0.1, 0.15) is 6.10 Å². The first-order valence-corrected chi connectivity index (χ1v) is 6.85. The van der Waals surface area contributed by atoms with Crippen molar-refractivity contribution in [2.45, 2.75) is 38.7 Å². The summed E-state index contributed by atoms with van der Waals surface area (Å²) in [5.41, 5.74) is -0.689. The lowest BCUT2D eigenvalue weighted by atomic mass is 9.80. The third-order valence-electron chi connectivity index (χ3n) is 3.07. The molecule has 1 aliphatic rings. The normalized spacial score (nSPS) is 31.1. The Morgan fingerprint density at radius 1 is 1.53 bits per heavy atom. The number of ether oxygens (including phenoxy) is 1. The van der Waals surface area contributed by atoms with E-state index in [9.17, 15) is 9.59 Å². The van der Waals surface area contributed by atoms with E-state index in [2.05, 4.69) is 0 Å². The topological polar surface area (TPSA) is 63.6 Å². The molecule has 0 saturated carbocycles. The van der Waals surface area contributed by atoms with Gasteiger partial charge in [-0.2, -0.15) is 0 Å². The summed E-state index contributed by atoms with van der Waals surface area (Å²) in [6.07, 6.45) is 7.60. The Bertz CT molecular complexity index is 326. The Labute approximate surface area is 105 Å². The van der Waals surface area contributed by atoms with Crippen LogP contribution in [0.5, 0.6) is 0 Å². The summed E-state index contributed by atoms with van der Waals surface area (Å²) in [6.45, 7) is 1.76. The van der Waals surface area contributed by atoms with Gasteiger partial charge in [0.2, 0.25) is 0 Å². The molecule has 0 aromatic heterocycles. The van der Waals surface area contributed by atoms with E-state index in [1.54, 1.807) is 19.3 Å². The van der Waals surface area contributed by atoms with Gasteiger partial charge in [-0.1, -0.05) is 6.08 Å². The lowest BCUT2D eigenvalue weighted by Crippen LogP contribution is -2.28. The number of allylic oxidation sites excluding steroid dienone is 1. The van der Waals surface area contributed by atoms with E-state index in [1.165, 1.54) is 0 Å². The Morgan fingerprint density at radius 2 is 2.24 bits per heavy atom. The third kappa shape index (κ3) is 4.07. The first-order chi connectivity index (χ1) is 7.98. The Morgan fingerprint density at radius 3 is 2.82 bits per heavy atom. The van der Waals surface area contributed by atoms with Gasteiger partial charge in [-0.05, 0) is 56.7 Å². The maximum absolute atomic E-state index is 11.1. The van der Waals surface area contributed by atoms with Crippen LogP contribution in [0, 0.1) is 5.41 Å². The minimum absolute atomic E-state index is 0.215.